The van der Waals surface area contributed by atoms with Gasteiger partial charge in [-0.2, -0.15) is 0 Å². The highest BCUT2D eigenvalue weighted by molar-refractivity contribution is 5.93. The number of hydrogen-bond donors (Lipinski definition) is 2. The third kappa shape index (κ3) is 6.39. The number of methoxy groups -OCH3 is 1. The molecular weight excluding hydrogens is 354 g/mol. The first-order chi connectivity index (χ1) is 13.4. The van der Waals surface area contributed by atoms with Crippen molar-refractivity contribution in [3.05, 3.63) is 59.7 Å². The van der Waals surface area contributed by atoms with Gasteiger partial charge in [0.15, 0.2) is 0 Å². The number of anilines is 1. The van der Waals surface area contributed by atoms with E-state index in [1.807, 2.05) is 49.9 Å². The van der Waals surface area contributed by atoms with Crippen molar-refractivity contribution in [2.75, 3.05) is 25.5 Å². The van der Waals surface area contributed by atoms with Crippen LogP contribution in [0.4, 0.5) is 5.69 Å². The fourth-order valence-corrected chi connectivity index (χ4v) is 2.79. The van der Waals surface area contributed by atoms with E-state index < -0.39 is 6.04 Å². The molecule has 2 rings (SSSR count). The van der Waals surface area contributed by atoms with Crippen LogP contribution in [-0.2, 0) is 16.1 Å². The van der Waals surface area contributed by atoms with Crippen LogP contribution in [0, 0.1) is 6.92 Å². The third-order valence-corrected chi connectivity index (χ3v) is 4.64. The fraction of sp³-hybridized carbons (Fsp3) is 0.364. The van der Waals surface area contributed by atoms with E-state index in [-0.39, 0.29) is 18.4 Å². The van der Waals surface area contributed by atoms with Crippen LogP contribution in [0.1, 0.15) is 25.0 Å². The van der Waals surface area contributed by atoms with Crippen LogP contribution in [0.3, 0.4) is 0 Å². The summed E-state index contributed by atoms with van der Waals surface area (Å²) in [6.07, 6.45) is 0. The summed E-state index contributed by atoms with van der Waals surface area (Å²) in [4.78, 5) is 26.7. The zero-order valence-electron chi connectivity index (χ0n) is 17.0. The smallest absolute Gasteiger partial charge is 0.238 e. The second-order valence-electron chi connectivity index (χ2n) is 6.72. The first-order valence-corrected chi connectivity index (χ1v) is 9.44. The van der Waals surface area contributed by atoms with Crippen molar-refractivity contribution in [2.24, 2.45) is 0 Å². The molecule has 0 aromatic heterocycles. The van der Waals surface area contributed by atoms with Gasteiger partial charge in [-0.15, -0.1) is 0 Å². The molecule has 0 aliphatic heterocycles. The maximum Gasteiger partial charge on any atom is 0.238 e. The molecular formula is C22H29N3O3. The summed E-state index contributed by atoms with van der Waals surface area (Å²) in [6, 6.07) is 14.8. The van der Waals surface area contributed by atoms with Crippen LogP contribution in [0.25, 0.3) is 0 Å². The van der Waals surface area contributed by atoms with Crippen molar-refractivity contribution in [1.29, 1.82) is 0 Å². The van der Waals surface area contributed by atoms with E-state index in [1.54, 1.807) is 31.4 Å². The van der Waals surface area contributed by atoms with Crippen LogP contribution in [-0.4, -0.2) is 43.0 Å². The van der Waals surface area contributed by atoms with Gasteiger partial charge in [-0.25, -0.2) is 0 Å². The van der Waals surface area contributed by atoms with E-state index in [0.29, 0.717) is 18.8 Å². The molecule has 2 aromatic rings. The van der Waals surface area contributed by atoms with Gasteiger partial charge < -0.3 is 15.4 Å². The number of ether oxygens (including phenoxy) is 1. The lowest BCUT2D eigenvalue weighted by molar-refractivity contribution is -0.127. The molecule has 1 unspecified atom stereocenters. The summed E-state index contributed by atoms with van der Waals surface area (Å²) in [5.74, 6) is 0.469. The molecule has 0 saturated carbocycles. The Balaban J connectivity index is 1.86. The normalized spacial score (nSPS) is 11.8. The van der Waals surface area contributed by atoms with E-state index in [1.165, 1.54) is 5.56 Å². The van der Waals surface area contributed by atoms with E-state index in [0.717, 1.165) is 11.3 Å². The van der Waals surface area contributed by atoms with Crippen LogP contribution in [0.2, 0.25) is 0 Å². The average molecular weight is 383 g/mol. The van der Waals surface area contributed by atoms with Gasteiger partial charge in [-0.3, -0.25) is 14.5 Å². The highest BCUT2D eigenvalue weighted by atomic mass is 16.5. The Labute approximate surface area is 166 Å². The number of benzene rings is 2. The average Bonchev–Trinajstić information content (AvgIpc) is 2.71. The van der Waals surface area contributed by atoms with Gasteiger partial charge in [0.2, 0.25) is 11.8 Å². The Morgan fingerprint density at radius 3 is 2.29 bits per heavy atom. The largest absolute Gasteiger partial charge is 0.497 e. The second-order valence-corrected chi connectivity index (χ2v) is 6.72. The minimum absolute atomic E-state index is 0.0975. The lowest BCUT2D eigenvalue weighted by Gasteiger charge is -2.26. The number of hydrogen-bond acceptors (Lipinski definition) is 4. The van der Waals surface area contributed by atoms with E-state index >= 15 is 0 Å². The Kier molecular flexibility index (Phi) is 8.02. The Morgan fingerprint density at radius 2 is 1.71 bits per heavy atom. The van der Waals surface area contributed by atoms with Gasteiger partial charge >= 0.3 is 0 Å². The maximum absolute atomic E-state index is 12.5. The van der Waals surface area contributed by atoms with Crippen molar-refractivity contribution in [3.8, 4) is 5.75 Å². The molecule has 2 N–H and O–H groups in total. The predicted molar refractivity (Wildman–Crippen MR) is 111 cm³/mol. The first-order valence-electron chi connectivity index (χ1n) is 9.44. The molecule has 0 saturated heterocycles. The SMILES string of the molecule is CCN(CC(=O)Nc1ccc(OC)cc1)C(C)C(=O)NCc1ccc(C)cc1. The number of aryl methyl sites for hydroxylation is 1. The molecule has 0 fully saturated rings. The highest BCUT2D eigenvalue weighted by Gasteiger charge is 2.22. The minimum Gasteiger partial charge on any atom is -0.497 e. The Morgan fingerprint density at radius 1 is 1.07 bits per heavy atom. The molecule has 28 heavy (non-hydrogen) atoms. The van der Waals surface area contributed by atoms with Gasteiger partial charge in [0.25, 0.3) is 0 Å². The Bertz CT molecular complexity index is 773. The maximum atomic E-state index is 12.5. The van der Waals surface area contributed by atoms with Crippen molar-refractivity contribution in [2.45, 2.75) is 33.4 Å². The molecule has 1 atom stereocenters. The quantitative estimate of drug-likeness (QED) is 0.698. The van der Waals surface area contributed by atoms with Gasteiger partial charge in [0.05, 0.1) is 19.7 Å². The van der Waals surface area contributed by atoms with Crippen molar-refractivity contribution < 1.29 is 14.3 Å². The van der Waals surface area contributed by atoms with Crippen LogP contribution in [0.5, 0.6) is 5.75 Å². The number of likely N-dealkylation sites (N-methyl/N-ethyl adjacent to an activating group) is 1. The molecule has 0 spiro atoms. The minimum atomic E-state index is -0.405. The number of rotatable bonds is 9. The molecule has 6 heteroatoms. The number of nitrogens with one attached hydrogen (secondary N) is 2. The summed E-state index contributed by atoms with van der Waals surface area (Å²) in [7, 11) is 1.60. The zero-order valence-corrected chi connectivity index (χ0v) is 17.0. The molecule has 6 nitrogen and oxygen atoms in total. The summed E-state index contributed by atoms with van der Waals surface area (Å²) in [5.41, 5.74) is 2.92. The van der Waals surface area contributed by atoms with E-state index in [2.05, 4.69) is 10.6 Å². The lowest BCUT2D eigenvalue weighted by atomic mass is 10.1. The predicted octanol–water partition coefficient (Wildman–Crippen LogP) is 2.97. The van der Waals surface area contributed by atoms with E-state index in [9.17, 15) is 9.59 Å². The fourth-order valence-electron chi connectivity index (χ4n) is 2.79. The molecule has 0 radical (unpaired) electrons. The van der Waals surface area contributed by atoms with Crippen molar-refractivity contribution >= 4 is 17.5 Å². The zero-order chi connectivity index (χ0) is 20.5. The molecule has 150 valence electrons. The molecule has 0 heterocycles. The topological polar surface area (TPSA) is 70.7 Å². The monoisotopic (exact) mass is 383 g/mol. The van der Waals surface area contributed by atoms with Gasteiger partial charge in [-0.1, -0.05) is 36.8 Å². The first kappa shape index (κ1) is 21.4. The Hall–Kier alpha value is -2.86. The van der Waals surface area contributed by atoms with Crippen LogP contribution in [0.15, 0.2) is 48.5 Å². The molecule has 2 amide bonds. The second kappa shape index (κ2) is 10.5. The summed E-state index contributed by atoms with van der Waals surface area (Å²) in [5, 5.41) is 5.79. The van der Waals surface area contributed by atoms with Crippen molar-refractivity contribution in [1.82, 2.24) is 10.2 Å². The summed E-state index contributed by atoms with van der Waals surface area (Å²) >= 11 is 0. The van der Waals surface area contributed by atoms with E-state index in [4.69, 9.17) is 4.74 Å². The third-order valence-electron chi connectivity index (χ3n) is 4.64. The standard InChI is InChI=1S/C22H29N3O3/c1-5-25(15-21(26)24-19-10-12-20(28-4)13-11-19)17(3)22(27)23-14-18-8-6-16(2)7-9-18/h6-13,17H,5,14-15H2,1-4H3,(H,23,27)(H,24,26). The van der Waals surface area contributed by atoms with Gasteiger partial charge in [0, 0.05) is 12.2 Å². The number of carbonyl (C=O) groups excluding carboxylic acids is 2. The summed E-state index contributed by atoms with van der Waals surface area (Å²) < 4.78 is 5.11. The van der Waals surface area contributed by atoms with Crippen molar-refractivity contribution in [3.63, 3.8) is 0 Å². The summed E-state index contributed by atoms with van der Waals surface area (Å²) in [6.45, 7) is 6.98. The number of amides is 2. The van der Waals surface area contributed by atoms with Crippen LogP contribution >= 0.6 is 0 Å². The lowest BCUT2D eigenvalue weighted by Crippen LogP contribution is -2.47. The van der Waals surface area contributed by atoms with Crippen LogP contribution < -0.4 is 15.4 Å². The number of carbonyl (C=O) groups is 2. The number of nitrogens with zero attached hydrogens (tertiary/aromatic N) is 1. The van der Waals surface area contributed by atoms with Gasteiger partial charge in [-0.05, 0) is 50.2 Å². The van der Waals surface area contributed by atoms with Gasteiger partial charge in [0.1, 0.15) is 5.75 Å². The highest BCUT2D eigenvalue weighted by Crippen LogP contribution is 2.15. The molecule has 2 aromatic carbocycles. The molecule has 0 aliphatic carbocycles. The molecule has 0 bridgehead atoms. The molecule has 0 aliphatic rings.